The van der Waals surface area contributed by atoms with Gasteiger partial charge in [-0.3, -0.25) is 5.10 Å². The molecule has 3 saturated heterocycles. The summed E-state index contributed by atoms with van der Waals surface area (Å²) in [5, 5.41) is 8.79. The number of H-pyrrole nitrogens is 1. The molecule has 244 valence electrons. The van der Waals surface area contributed by atoms with E-state index in [1.807, 2.05) is 39.8 Å². The maximum atomic E-state index is 16.8. The van der Waals surface area contributed by atoms with Gasteiger partial charge in [-0.25, -0.2) is 9.18 Å². The van der Waals surface area contributed by atoms with E-state index in [4.69, 9.17) is 26.1 Å². The normalized spacial score (nSPS) is 20.1. The summed E-state index contributed by atoms with van der Waals surface area (Å²) in [5.74, 6) is 0.106. The molecule has 1 spiro atoms. The number of likely N-dealkylation sites (N-methyl/N-ethyl adjacent to an activating group) is 1. The topological polar surface area (TPSA) is 99.7 Å². The molecule has 3 aliphatic rings. The highest BCUT2D eigenvalue weighted by Gasteiger charge is 2.48. The monoisotopic (exact) mass is 649 g/mol. The maximum absolute atomic E-state index is 16.8. The van der Waals surface area contributed by atoms with Gasteiger partial charge in [-0.1, -0.05) is 17.7 Å². The molecule has 4 aromatic rings. The Balaban J connectivity index is 1.22. The van der Waals surface area contributed by atoms with E-state index in [0.29, 0.717) is 55.1 Å². The molecule has 2 aromatic carbocycles. The van der Waals surface area contributed by atoms with E-state index in [1.54, 1.807) is 17.2 Å². The van der Waals surface area contributed by atoms with Gasteiger partial charge in [-0.2, -0.15) is 15.1 Å². The third kappa shape index (κ3) is 5.61. The summed E-state index contributed by atoms with van der Waals surface area (Å²) in [7, 11) is 2.09. The smallest absolute Gasteiger partial charge is 0.410 e. The fraction of sp³-hybridized carbons (Fsp3) is 0.529. The first-order valence-corrected chi connectivity index (χ1v) is 16.5. The van der Waals surface area contributed by atoms with Gasteiger partial charge in [0.2, 0.25) is 0 Å². The number of rotatable bonds is 5. The predicted molar refractivity (Wildman–Crippen MR) is 177 cm³/mol. The summed E-state index contributed by atoms with van der Waals surface area (Å²) in [6.07, 6.45) is 5.33. The molecule has 3 aliphatic heterocycles. The minimum atomic E-state index is -0.523. The molecule has 0 aliphatic carbocycles. The minimum Gasteiger partial charge on any atom is -0.462 e. The van der Waals surface area contributed by atoms with E-state index in [-0.39, 0.29) is 34.1 Å². The van der Waals surface area contributed by atoms with Crippen molar-refractivity contribution < 1.29 is 18.7 Å². The number of amides is 1. The number of aryl methyl sites for hydroxylation is 1. The number of benzene rings is 2. The SMILES string of the molecule is Cc1ccc2[nH]ncc2c1-c1c(Cl)cc2c(N3CCC4(CC3)CN(C(=O)OC(C)(C)C)C4)nc(OC[C@@H]3CCCN3C)nc2c1F. The Kier molecular flexibility index (Phi) is 7.75. The fourth-order valence-electron chi connectivity index (χ4n) is 7.24. The molecule has 5 heterocycles. The van der Waals surface area contributed by atoms with E-state index < -0.39 is 11.4 Å². The number of aromatic nitrogens is 4. The zero-order valence-corrected chi connectivity index (χ0v) is 27.9. The highest BCUT2D eigenvalue weighted by atomic mass is 35.5. The summed E-state index contributed by atoms with van der Waals surface area (Å²) in [6, 6.07) is 6.07. The lowest BCUT2D eigenvalue weighted by atomic mass is 9.72. The van der Waals surface area contributed by atoms with Gasteiger partial charge in [-0.05, 0) is 84.7 Å². The second-order valence-corrected chi connectivity index (χ2v) is 14.7. The Morgan fingerprint density at radius 1 is 1.13 bits per heavy atom. The van der Waals surface area contributed by atoms with Gasteiger partial charge in [0.25, 0.3) is 0 Å². The Bertz CT molecular complexity index is 1810. The first-order valence-electron chi connectivity index (χ1n) is 16.1. The van der Waals surface area contributed by atoms with Crippen LogP contribution in [0.25, 0.3) is 32.9 Å². The van der Waals surface area contributed by atoms with Gasteiger partial charge in [0.05, 0.1) is 16.7 Å². The molecule has 3 fully saturated rings. The molecule has 1 amide bonds. The van der Waals surface area contributed by atoms with Gasteiger partial charge in [0, 0.05) is 59.5 Å². The maximum Gasteiger partial charge on any atom is 0.410 e. The first-order chi connectivity index (χ1) is 21.9. The van der Waals surface area contributed by atoms with Gasteiger partial charge < -0.3 is 24.2 Å². The molecular weight excluding hydrogens is 609 g/mol. The van der Waals surface area contributed by atoms with Crippen LogP contribution in [0.5, 0.6) is 6.01 Å². The zero-order valence-electron chi connectivity index (χ0n) is 27.1. The third-order valence-electron chi connectivity index (χ3n) is 9.83. The summed E-state index contributed by atoms with van der Waals surface area (Å²) in [6.45, 7) is 11.8. The molecule has 0 radical (unpaired) electrons. The number of nitrogens with zero attached hydrogens (tertiary/aromatic N) is 6. The van der Waals surface area contributed by atoms with Crippen molar-refractivity contribution in [3.8, 4) is 17.1 Å². The van der Waals surface area contributed by atoms with Crippen LogP contribution in [0.4, 0.5) is 15.0 Å². The average Bonchev–Trinajstić information content (AvgIpc) is 3.63. The standard InChI is InChI=1S/C34H41ClFN7O3/c1-20-8-9-25-23(16-37-40-25)26(20)27-24(35)15-22-29(28(27)36)38-31(45-17-21-7-6-12-41(21)5)39-30(22)42-13-10-34(11-14-42)18-43(19-34)32(44)46-33(2,3)4/h8-9,15-16,21H,6-7,10-14,17-19H2,1-5H3,(H,37,40)/t21-/m0/s1. The van der Waals surface area contributed by atoms with Crippen molar-refractivity contribution in [1.29, 1.82) is 0 Å². The Morgan fingerprint density at radius 2 is 1.89 bits per heavy atom. The number of carbonyl (C=O) groups excluding carboxylic acids is 1. The third-order valence-corrected chi connectivity index (χ3v) is 10.1. The lowest BCUT2D eigenvalue weighted by Crippen LogP contribution is -2.62. The lowest BCUT2D eigenvalue weighted by molar-refractivity contribution is -0.0434. The van der Waals surface area contributed by atoms with Crippen molar-refractivity contribution >= 4 is 45.3 Å². The number of nitrogens with one attached hydrogen (secondary N) is 1. The molecule has 0 saturated carbocycles. The van der Waals surface area contributed by atoms with Crippen LogP contribution in [0.3, 0.4) is 0 Å². The molecule has 46 heavy (non-hydrogen) atoms. The number of halogens is 2. The number of piperidine rings is 1. The van der Waals surface area contributed by atoms with Gasteiger partial charge in [0.15, 0.2) is 5.82 Å². The van der Waals surface area contributed by atoms with Crippen LogP contribution in [0.15, 0.2) is 24.4 Å². The molecule has 1 N–H and O–H groups in total. The van der Waals surface area contributed by atoms with Crippen LogP contribution < -0.4 is 9.64 Å². The molecule has 0 unspecified atom stereocenters. The zero-order chi connectivity index (χ0) is 32.4. The summed E-state index contributed by atoms with van der Waals surface area (Å²) >= 11 is 6.93. The van der Waals surface area contributed by atoms with Crippen LogP contribution in [-0.4, -0.2) is 94.1 Å². The number of likely N-dealkylation sites (tertiary alicyclic amines) is 2. The number of hydrogen-bond acceptors (Lipinski definition) is 8. The van der Waals surface area contributed by atoms with Gasteiger partial charge >= 0.3 is 12.1 Å². The predicted octanol–water partition coefficient (Wildman–Crippen LogP) is 6.58. The number of aromatic amines is 1. The van der Waals surface area contributed by atoms with E-state index in [1.165, 1.54) is 0 Å². The van der Waals surface area contributed by atoms with Crippen LogP contribution in [0.1, 0.15) is 52.0 Å². The average molecular weight is 650 g/mol. The number of ether oxygens (including phenoxy) is 2. The Morgan fingerprint density at radius 3 is 2.59 bits per heavy atom. The number of carbonyl (C=O) groups is 1. The second kappa shape index (κ2) is 11.5. The van der Waals surface area contributed by atoms with E-state index >= 15 is 4.39 Å². The quantitative estimate of drug-likeness (QED) is 0.259. The Labute approximate surface area is 273 Å². The Hall–Kier alpha value is -3.70. The fourth-order valence-corrected chi connectivity index (χ4v) is 7.53. The molecule has 0 bridgehead atoms. The highest BCUT2D eigenvalue weighted by molar-refractivity contribution is 6.35. The van der Waals surface area contributed by atoms with Gasteiger partial charge in [-0.15, -0.1) is 0 Å². The molecular formula is C34H41ClFN7O3. The van der Waals surface area contributed by atoms with E-state index in [2.05, 4.69) is 32.0 Å². The lowest BCUT2D eigenvalue weighted by Gasteiger charge is -2.53. The van der Waals surface area contributed by atoms with Crippen molar-refractivity contribution in [1.82, 2.24) is 30.0 Å². The van der Waals surface area contributed by atoms with E-state index in [0.717, 1.165) is 48.7 Å². The van der Waals surface area contributed by atoms with Crippen LogP contribution in [0, 0.1) is 18.2 Å². The van der Waals surface area contributed by atoms with Gasteiger partial charge in [0.1, 0.15) is 23.5 Å². The van der Waals surface area contributed by atoms with Crippen molar-refractivity contribution in [3.63, 3.8) is 0 Å². The minimum absolute atomic E-state index is 0.0412. The van der Waals surface area contributed by atoms with Crippen LogP contribution in [0.2, 0.25) is 5.02 Å². The summed E-state index contributed by atoms with van der Waals surface area (Å²) in [4.78, 5) is 28.4. The van der Waals surface area contributed by atoms with Crippen molar-refractivity contribution in [2.75, 3.05) is 51.3 Å². The summed E-state index contributed by atoms with van der Waals surface area (Å²) < 4.78 is 28.6. The molecule has 12 heteroatoms. The number of fused-ring (bicyclic) bond motifs is 2. The van der Waals surface area contributed by atoms with Crippen molar-refractivity contribution in [2.24, 2.45) is 5.41 Å². The number of hydrogen-bond donors (Lipinski definition) is 1. The van der Waals surface area contributed by atoms with Crippen molar-refractivity contribution in [3.05, 3.63) is 40.8 Å². The second-order valence-electron chi connectivity index (χ2n) is 14.3. The molecule has 10 nitrogen and oxygen atoms in total. The summed E-state index contributed by atoms with van der Waals surface area (Å²) in [5.41, 5.74) is 2.35. The highest BCUT2D eigenvalue weighted by Crippen LogP contribution is 2.45. The first kappa shape index (κ1) is 30.9. The largest absolute Gasteiger partial charge is 0.462 e. The van der Waals surface area contributed by atoms with Crippen molar-refractivity contribution in [2.45, 2.75) is 65.0 Å². The molecule has 1 atom stereocenters. The van der Waals surface area contributed by atoms with Crippen LogP contribution in [-0.2, 0) is 4.74 Å². The van der Waals surface area contributed by atoms with E-state index in [9.17, 15) is 4.79 Å². The molecule has 7 rings (SSSR count). The number of anilines is 1. The molecule has 2 aromatic heterocycles. The van der Waals surface area contributed by atoms with Crippen LogP contribution >= 0.6 is 11.6 Å².